The summed E-state index contributed by atoms with van der Waals surface area (Å²) in [6.45, 7) is 1.96. The summed E-state index contributed by atoms with van der Waals surface area (Å²) < 4.78 is 42.6. The molecule has 0 aliphatic carbocycles. The number of carbonyl (C=O) groups is 3. The highest BCUT2D eigenvalue weighted by Gasteiger charge is 2.48. The third-order valence-electron chi connectivity index (χ3n) is 3.58. The molecule has 138 valence electrons. The maximum atomic E-state index is 12.6. The molecule has 1 rings (SSSR count). The standard InChI is InChI=1S/C14H21F3N2O4S/c1-2-3-7-23-12(21)9(8-24)18-11(20)10-5-4-6-19(10)13(22)14(15,16)17/h9-10,24H,2-8H2,1H3,(H,18,20)/t9-,10-/m0/s1. The molecule has 0 aromatic carbocycles. The zero-order valence-corrected chi connectivity index (χ0v) is 14.2. The fraction of sp³-hybridized carbons (Fsp3) is 0.786. The highest BCUT2D eigenvalue weighted by atomic mass is 32.1. The van der Waals surface area contributed by atoms with Crippen molar-refractivity contribution >= 4 is 30.4 Å². The SMILES string of the molecule is CCCCOC(=O)[C@H](CS)NC(=O)[C@@H]1CCCN1C(=O)C(F)(F)F. The van der Waals surface area contributed by atoms with Gasteiger partial charge in [0.1, 0.15) is 12.1 Å². The number of ether oxygens (including phenoxy) is 1. The van der Waals surface area contributed by atoms with Crippen molar-refractivity contribution in [2.75, 3.05) is 18.9 Å². The molecule has 1 N–H and O–H groups in total. The Hall–Kier alpha value is -1.45. The molecule has 0 spiro atoms. The summed E-state index contributed by atoms with van der Waals surface area (Å²) in [6, 6.07) is -2.31. The maximum Gasteiger partial charge on any atom is 0.471 e. The monoisotopic (exact) mass is 370 g/mol. The molecule has 0 radical (unpaired) electrons. The fourth-order valence-corrected chi connectivity index (χ4v) is 2.55. The van der Waals surface area contributed by atoms with Gasteiger partial charge in [0.2, 0.25) is 5.91 Å². The van der Waals surface area contributed by atoms with Crippen LogP contribution in [0.15, 0.2) is 0 Å². The number of alkyl halides is 3. The maximum absolute atomic E-state index is 12.6. The largest absolute Gasteiger partial charge is 0.471 e. The van der Waals surface area contributed by atoms with Crippen molar-refractivity contribution in [2.24, 2.45) is 0 Å². The lowest BCUT2D eigenvalue weighted by Gasteiger charge is -2.26. The third kappa shape index (κ3) is 5.57. The predicted molar refractivity (Wildman–Crippen MR) is 82.4 cm³/mol. The zero-order chi connectivity index (χ0) is 18.3. The van der Waals surface area contributed by atoms with Crippen LogP contribution in [0.2, 0.25) is 0 Å². The van der Waals surface area contributed by atoms with Gasteiger partial charge in [0.25, 0.3) is 0 Å². The number of nitrogens with zero attached hydrogens (tertiary/aromatic N) is 1. The molecule has 24 heavy (non-hydrogen) atoms. The van der Waals surface area contributed by atoms with Crippen LogP contribution in [0, 0.1) is 0 Å². The quantitative estimate of drug-likeness (QED) is 0.402. The van der Waals surface area contributed by atoms with Gasteiger partial charge in [-0.2, -0.15) is 25.8 Å². The molecule has 1 aliphatic rings. The summed E-state index contributed by atoms with van der Waals surface area (Å²) in [5, 5.41) is 2.32. The van der Waals surface area contributed by atoms with Crippen molar-refractivity contribution in [1.82, 2.24) is 10.2 Å². The Morgan fingerprint density at radius 3 is 2.58 bits per heavy atom. The minimum absolute atomic E-state index is 0.0589. The molecule has 0 bridgehead atoms. The Labute approximate surface area is 143 Å². The lowest BCUT2D eigenvalue weighted by atomic mass is 10.2. The second-order valence-electron chi connectivity index (χ2n) is 5.42. The third-order valence-corrected chi connectivity index (χ3v) is 3.95. The lowest BCUT2D eigenvalue weighted by molar-refractivity contribution is -0.186. The first-order valence-electron chi connectivity index (χ1n) is 7.68. The van der Waals surface area contributed by atoms with E-state index >= 15 is 0 Å². The molecular weight excluding hydrogens is 349 g/mol. The van der Waals surface area contributed by atoms with E-state index in [0.29, 0.717) is 11.3 Å². The molecule has 0 aromatic heterocycles. The van der Waals surface area contributed by atoms with E-state index in [4.69, 9.17) is 4.74 Å². The second-order valence-corrected chi connectivity index (χ2v) is 5.78. The van der Waals surface area contributed by atoms with Crippen LogP contribution in [0.5, 0.6) is 0 Å². The topological polar surface area (TPSA) is 75.7 Å². The van der Waals surface area contributed by atoms with Crippen LogP contribution in [0.4, 0.5) is 13.2 Å². The van der Waals surface area contributed by atoms with E-state index in [9.17, 15) is 27.6 Å². The van der Waals surface area contributed by atoms with Crippen molar-refractivity contribution in [1.29, 1.82) is 0 Å². The van der Waals surface area contributed by atoms with Crippen LogP contribution < -0.4 is 5.32 Å². The number of likely N-dealkylation sites (tertiary alicyclic amines) is 1. The summed E-state index contributed by atoms with van der Waals surface area (Å²) in [7, 11) is 0. The normalized spacial score (nSPS) is 19.0. The average molecular weight is 370 g/mol. The smallest absolute Gasteiger partial charge is 0.464 e. The summed E-state index contributed by atoms with van der Waals surface area (Å²) in [5.41, 5.74) is 0. The van der Waals surface area contributed by atoms with E-state index in [0.717, 1.165) is 6.42 Å². The molecule has 1 saturated heterocycles. The first kappa shape index (κ1) is 20.6. The van der Waals surface area contributed by atoms with Crippen LogP contribution >= 0.6 is 12.6 Å². The van der Waals surface area contributed by atoms with Gasteiger partial charge in [-0.3, -0.25) is 9.59 Å². The molecule has 10 heteroatoms. The number of unbranched alkanes of at least 4 members (excludes halogenated alkanes) is 1. The number of esters is 1. The van der Waals surface area contributed by atoms with Gasteiger partial charge in [0, 0.05) is 12.3 Å². The summed E-state index contributed by atoms with van der Waals surface area (Å²) >= 11 is 3.95. The zero-order valence-electron chi connectivity index (χ0n) is 13.3. The van der Waals surface area contributed by atoms with Gasteiger partial charge in [-0.15, -0.1) is 0 Å². The number of thiol groups is 1. The van der Waals surface area contributed by atoms with Crippen molar-refractivity contribution < 1.29 is 32.3 Å². The summed E-state index contributed by atoms with van der Waals surface area (Å²) in [6.07, 6.45) is -3.16. The van der Waals surface area contributed by atoms with Crippen LogP contribution in [0.25, 0.3) is 0 Å². The molecule has 1 heterocycles. The predicted octanol–water partition coefficient (Wildman–Crippen LogP) is 1.30. The lowest BCUT2D eigenvalue weighted by Crippen LogP contribution is -2.54. The Bertz CT molecular complexity index is 473. The number of amides is 2. The summed E-state index contributed by atoms with van der Waals surface area (Å²) in [5.74, 6) is -3.61. The summed E-state index contributed by atoms with van der Waals surface area (Å²) in [4.78, 5) is 35.9. The van der Waals surface area contributed by atoms with Gasteiger partial charge in [-0.05, 0) is 19.3 Å². The molecule has 2 amide bonds. The molecular formula is C14H21F3N2O4S. The Kier molecular flexibility index (Phi) is 7.85. The van der Waals surface area contributed by atoms with Crippen LogP contribution in [-0.4, -0.2) is 59.8 Å². The van der Waals surface area contributed by atoms with E-state index in [2.05, 4.69) is 17.9 Å². The molecule has 0 unspecified atom stereocenters. The number of nitrogens with one attached hydrogen (secondary N) is 1. The fourth-order valence-electron chi connectivity index (χ4n) is 2.31. The molecule has 6 nitrogen and oxygen atoms in total. The molecule has 0 aromatic rings. The highest BCUT2D eigenvalue weighted by Crippen LogP contribution is 2.25. The van der Waals surface area contributed by atoms with E-state index in [-0.39, 0.29) is 31.7 Å². The van der Waals surface area contributed by atoms with Crippen LogP contribution in [-0.2, 0) is 19.1 Å². The minimum atomic E-state index is -5.04. The van der Waals surface area contributed by atoms with Crippen molar-refractivity contribution in [3.05, 3.63) is 0 Å². The molecule has 1 aliphatic heterocycles. The van der Waals surface area contributed by atoms with Crippen molar-refractivity contribution in [2.45, 2.75) is 50.9 Å². The van der Waals surface area contributed by atoms with E-state index in [1.54, 1.807) is 0 Å². The van der Waals surface area contributed by atoms with Gasteiger partial charge in [0.15, 0.2) is 0 Å². The molecule has 0 saturated carbocycles. The van der Waals surface area contributed by atoms with Gasteiger partial charge < -0.3 is 15.0 Å². The van der Waals surface area contributed by atoms with Crippen LogP contribution in [0.3, 0.4) is 0 Å². The molecule has 2 atom stereocenters. The first-order chi connectivity index (χ1) is 11.2. The molecule has 1 fully saturated rings. The Balaban J connectivity index is 2.67. The first-order valence-corrected chi connectivity index (χ1v) is 8.31. The average Bonchev–Trinajstić information content (AvgIpc) is 3.00. The Morgan fingerprint density at radius 1 is 1.38 bits per heavy atom. The van der Waals surface area contributed by atoms with E-state index in [1.807, 2.05) is 6.92 Å². The highest BCUT2D eigenvalue weighted by molar-refractivity contribution is 7.80. The second kappa shape index (κ2) is 9.14. The van der Waals surface area contributed by atoms with Crippen LogP contribution in [0.1, 0.15) is 32.6 Å². The van der Waals surface area contributed by atoms with E-state index < -0.39 is 36.0 Å². The number of rotatable bonds is 7. The van der Waals surface area contributed by atoms with Gasteiger partial charge >= 0.3 is 18.1 Å². The van der Waals surface area contributed by atoms with Gasteiger partial charge in [-0.1, -0.05) is 13.3 Å². The van der Waals surface area contributed by atoms with Gasteiger partial charge in [-0.25, -0.2) is 4.79 Å². The number of carbonyl (C=O) groups excluding carboxylic acids is 3. The number of hydrogen-bond acceptors (Lipinski definition) is 5. The van der Waals surface area contributed by atoms with Crippen molar-refractivity contribution in [3.63, 3.8) is 0 Å². The van der Waals surface area contributed by atoms with Gasteiger partial charge in [0.05, 0.1) is 6.61 Å². The Morgan fingerprint density at radius 2 is 2.04 bits per heavy atom. The van der Waals surface area contributed by atoms with Crippen molar-refractivity contribution in [3.8, 4) is 0 Å². The minimum Gasteiger partial charge on any atom is -0.464 e. The number of halogens is 3. The number of hydrogen-bond donors (Lipinski definition) is 2. The van der Waals surface area contributed by atoms with E-state index in [1.165, 1.54) is 0 Å².